The Bertz CT molecular complexity index is 1490. The van der Waals surface area contributed by atoms with Crippen molar-refractivity contribution in [3.8, 4) is 0 Å². The van der Waals surface area contributed by atoms with Gasteiger partial charge >= 0.3 is 7.82 Å². The summed E-state index contributed by atoms with van der Waals surface area (Å²) in [5.41, 5.74) is 0. The molecule has 3 unspecified atom stereocenters. The number of quaternary nitrogens is 1. The largest absolute Gasteiger partial charge is 0.472 e. The fourth-order valence-electron chi connectivity index (χ4n) is 7.41. The number of nitrogens with zero attached hydrogens (tertiary/aromatic N) is 1. The van der Waals surface area contributed by atoms with Crippen LogP contribution in [0.15, 0.2) is 109 Å². The average Bonchev–Trinajstić information content (AvgIpc) is 3.31. The van der Waals surface area contributed by atoms with Crippen LogP contribution >= 0.6 is 7.82 Å². The van der Waals surface area contributed by atoms with E-state index in [4.69, 9.17) is 9.05 Å². The summed E-state index contributed by atoms with van der Waals surface area (Å²) >= 11 is 0. The molecule has 0 rings (SSSR count). The van der Waals surface area contributed by atoms with E-state index in [1.165, 1.54) is 89.9 Å². The van der Waals surface area contributed by atoms with Crippen LogP contribution < -0.4 is 5.32 Å². The van der Waals surface area contributed by atoms with Crippen LogP contribution in [0.3, 0.4) is 0 Å². The molecule has 0 saturated heterocycles. The maximum Gasteiger partial charge on any atom is 0.472 e. The molecule has 396 valence electrons. The van der Waals surface area contributed by atoms with Crippen LogP contribution in [0.25, 0.3) is 0 Å². The van der Waals surface area contributed by atoms with Crippen molar-refractivity contribution in [2.75, 3.05) is 40.9 Å². The molecular formula is C60H106N2O6P+. The number of aliphatic hydroxyl groups is 1. The summed E-state index contributed by atoms with van der Waals surface area (Å²) < 4.78 is 23.7. The summed E-state index contributed by atoms with van der Waals surface area (Å²) in [5, 5.41) is 13.9. The molecule has 9 heteroatoms. The molecule has 0 heterocycles. The van der Waals surface area contributed by atoms with E-state index in [1.807, 2.05) is 27.2 Å². The van der Waals surface area contributed by atoms with Gasteiger partial charge < -0.3 is 19.8 Å². The van der Waals surface area contributed by atoms with Gasteiger partial charge in [0, 0.05) is 6.42 Å². The van der Waals surface area contributed by atoms with E-state index >= 15 is 0 Å². The number of amides is 1. The first-order chi connectivity index (χ1) is 33.5. The monoisotopic (exact) mass is 982 g/mol. The molecule has 0 aliphatic rings. The number of carbonyl (C=O) groups is 1. The van der Waals surface area contributed by atoms with Crippen LogP contribution in [0.5, 0.6) is 0 Å². The van der Waals surface area contributed by atoms with Crippen LogP contribution in [0, 0.1) is 0 Å². The summed E-state index contributed by atoms with van der Waals surface area (Å²) in [6.07, 6.45) is 73.1. The molecule has 0 aliphatic carbocycles. The molecule has 1 amide bonds. The van der Waals surface area contributed by atoms with Gasteiger partial charge in [0.05, 0.1) is 39.9 Å². The zero-order valence-corrected chi connectivity index (χ0v) is 45.9. The molecule has 8 nitrogen and oxygen atoms in total. The minimum absolute atomic E-state index is 0.0527. The van der Waals surface area contributed by atoms with Gasteiger partial charge in [-0.25, -0.2) is 4.57 Å². The van der Waals surface area contributed by atoms with Crippen molar-refractivity contribution in [2.45, 2.75) is 225 Å². The minimum atomic E-state index is -4.36. The smallest absolute Gasteiger partial charge is 0.387 e. The van der Waals surface area contributed by atoms with Gasteiger partial charge in [0.25, 0.3) is 0 Å². The van der Waals surface area contributed by atoms with E-state index in [-0.39, 0.29) is 19.1 Å². The number of carbonyl (C=O) groups excluding carboxylic acids is 1. The number of nitrogens with one attached hydrogen (secondary N) is 1. The molecule has 0 aromatic carbocycles. The van der Waals surface area contributed by atoms with Gasteiger partial charge in [-0.15, -0.1) is 0 Å². The van der Waals surface area contributed by atoms with Crippen molar-refractivity contribution in [3.05, 3.63) is 109 Å². The number of likely N-dealkylation sites (N-methyl/N-ethyl adjacent to an activating group) is 1. The molecule has 0 saturated carbocycles. The lowest BCUT2D eigenvalue weighted by molar-refractivity contribution is -0.870. The third-order valence-corrected chi connectivity index (χ3v) is 12.7. The molecule has 0 fully saturated rings. The van der Waals surface area contributed by atoms with E-state index < -0.39 is 20.0 Å². The maximum atomic E-state index is 13.0. The maximum absolute atomic E-state index is 13.0. The van der Waals surface area contributed by atoms with Gasteiger partial charge in [0.2, 0.25) is 5.91 Å². The Kier molecular flexibility index (Phi) is 48.1. The molecule has 3 atom stereocenters. The van der Waals surface area contributed by atoms with Crippen LogP contribution in [0.4, 0.5) is 0 Å². The fourth-order valence-corrected chi connectivity index (χ4v) is 8.15. The lowest BCUT2D eigenvalue weighted by Gasteiger charge is -2.25. The highest BCUT2D eigenvalue weighted by atomic mass is 31.2. The molecule has 0 radical (unpaired) electrons. The Hall–Kier alpha value is -2.84. The van der Waals surface area contributed by atoms with E-state index in [1.54, 1.807) is 6.08 Å². The zero-order chi connectivity index (χ0) is 50.6. The molecule has 0 spiro atoms. The van der Waals surface area contributed by atoms with Crippen LogP contribution in [-0.4, -0.2) is 73.4 Å². The third-order valence-electron chi connectivity index (χ3n) is 11.7. The normalized spacial score (nSPS) is 14.8. The second kappa shape index (κ2) is 50.1. The van der Waals surface area contributed by atoms with E-state index in [0.717, 1.165) is 103 Å². The minimum Gasteiger partial charge on any atom is -0.387 e. The first kappa shape index (κ1) is 66.2. The number of rotatable bonds is 49. The Balaban J connectivity index is 4.28. The molecule has 0 bridgehead atoms. The highest BCUT2D eigenvalue weighted by Gasteiger charge is 2.27. The Morgan fingerprint density at radius 2 is 0.870 bits per heavy atom. The van der Waals surface area contributed by atoms with Crippen LogP contribution in [-0.2, 0) is 18.4 Å². The molecular weight excluding hydrogens is 876 g/mol. The van der Waals surface area contributed by atoms with Crippen molar-refractivity contribution < 1.29 is 32.9 Å². The number of phosphoric ester groups is 1. The summed E-state index contributed by atoms with van der Waals surface area (Å²) in [6, 6.07) is -0.862. The number of unbranched alkanes of at least 4 members (excludes halogenated alkanes) is 20. The van der Waals surface area contributed by atoms with E-state index in [0.29, 0.717) is 17.4 Å². The molecule has 0 aromatic heterocycles. The third kappa shape index (κ3) is 52.8. The molecule has 69 heavy (non-hydrogen) atoms. The van der Waals surface area contributed by atoms with Gasteiger partial charge in [-0.1, -0.05) is 232 Å². The lowest BCUT2D eigenvalue weighted by Crippen LogP contribution is -2.45. The number of allylic oxidation sites excluding steroid dienone is 17. The highest BCUT2D eigenvalue weighted by molar-refractivity contribution is 7.47. The topological polar surface area (TPSA) is 105 Å². The van der Waals surface area contributed by atoms with Crippen molar-refractivity contribution in [2.24, 2.45) is 0 Å². The van der Waals surface area contributed by atoms with Crippen LogP contribution in [0.2, 0.25) is 0 Å². The zero-order valence-electron chi connectivity index (χ0n) is 45.0. The molecule has 0 aliphatic heterocycles. The summed E-state index contributed by atoms with van der Waals surface area (Å²) in [5.74, 6) is -0.196. The van der Waals surface area contributed by atoms with Gasteiger partial charge in [0.1, 0.15) is 13.2 Å². The predicted molar refractivity (Wildman–Crippen MR) is 299 cm³/mol. The first-order valence-corrected chi connectivity index (χ1v) is 29.3. The SMILES string of the molecule is CC/C=C\C/C=C\C/C=C\C/C=C\C/C=C\C/C=C\C/C=C\C/C=C\CCCCCCCCC(=O)NC(COP(=O)(O)OCC[N+](C)(C)C)C(O)/C=C/CCCCCCCCCCCCCCCC. The van der Waals surface area contributed by atoms with Gasteiger partial charge in [-0.05, 0) is 83.5 Å². The predicted octanol–water partition coefficient (Wildman–Crippen LogP) is 16.8. The average molecular weight is 982 g/mol. The van der Waals surface area contributed by atoms with Crippen molar-refractivity contribution in [3.63, 3.8) is 0 Å². The van der Waals surface area contributed by atoms with Gasteiger partial charge in [-0.2, -0.15) is 0 Å². The fraction of sp³-hybridized carbons (Fsp3) is 0.683. The second-order valence-corrected chi connectivity index (χ2v) is 21.0. The summed E-state index contributed by atoms with van der Waals surface area (Å²) in [4.78, 5) is 23.3. The Morgan fingerprint density at radius 1 is 0.507 bits per heavy atom. The first-order valence-electron chi connectivity index (χ1n) is 27.8. The standard InChI is InChI=1S/C60H105N2O6P/c1-6-8-10-12-14-16-18-20-22-24-25-26-27-28-29-30-31-32-33-34-35-36-37-38-40-42-44-46-48-50-52-54-60(64)61-58(57-68-69(65,66)67-56-55-62(3,4)5)59(63)53-51-49-47-45-43-41-39-23-21-19-17-15-13-11-9-7-2/h8,10,14,16,20,22,25-26,28-29,31-32,34-35,37-38,51,53,58-59,63H,6-7,9,11-13,15,17-19,21,23-24,27,30,33,36,39-50,52,54-57H2,1-5H3,(H-,61,64,65,66)/p+1/b10-8-,16-14-,22-20-,26-25-,29-28-,32-31-,35-34-,38-37-,53-51+. The van der Waals surface area contributed by atoms with Crippen molar-refractivity contribution in [1.82, 2.24) is 5.32 Å². The van der Waals surface area contributed by atoms with Gasteiger partial charge in [-0.3, -0.25) is 13.8 Å². The second-order valence-electron chi connectivity index (χ2n) is 19.6. The number of hydrogen-bond acceptors (Lipinski definition) is 5. The number of phosphoric acid groups is 1. The highest BCUT2D eigenvalue weighted by Crippen LogP contribution is 2.43. The van der Waals surface area contributed by atoms with Crippen molar-refractivity contribution in [1.29, 1.82) is 0 Å². The van der Waals surface area contributed by atoms with E-state index in [2.05, 4.69) is 116 Å². The van der Waals surface area contributed by atoms with Crippen LogP contribution in [0.1, 0.15) is 213 Å². The van der Waals surface area contributed by atoms with Crippen molar-refractivity contribution >= 4 is 13.7 Å². The number of hydrogen-bond donors (Lipinski definition) is 3. The quantitative estimate of drug-likeness (QED) is 0.0243. The molecule has 0 aromatic rings. The van der Waals surface area contributed by atoms with Gasteiger partial charge in [0.15, 0.2) is 0 Å². The molecule has 3 N–H and O–H groups in total. The Morgan fingerprint density at radius 3 is 1.28 bits per heavy atom. The summed E-state index contributed by atoms with van der Waals surface area (Å²) in [7, 11) is 1.55. The van der Waals surface area contributed by atoms with E-state index in [9.17, 15) is 19.4 Å². The Labute approximate surface area is 425 Å². The number of aliphatic hydroxyl groups excluding tert-OH is 1. The summed E-state index contributed by atoms with van der Waals surface area (Å²) in [6.45, 7) is 4.68. The lowest BCUT2D eigenvalue weighted by atomic mass is 10.0.